The second-order valence-corrected chi connectivity index (χ2v) is 4.40. The van der Waals surface area contributed by atoms with Gasteiger partial charge in [0, 0.05) is 4.88 Å². The number of furan rings is 1. The van der Waals surface area contributed by atoms with Crippen LogP contribution in [0.4, 0.5) is 0 Å². The first-order valence-corrected chi connectivity index (χ1v) is 5.49. The Morgan fingerprint density at radius 3 is 2.77 bits per heavy atom. The van der Waals surface area contributed by atoms with Crippen LogP contribution in [-0.2, 0) is 0 Å². The predicted molar refractivity (Wildman–Crippen MR) is 56.8 cm³/mol. The highest BCUT2D eigenvalue weighted by Gasteiger charge is 2.13. The van der Waals surface area contributed by atoms with Gasteiger partial charge >= 0.3 is 0 Å². The number of halogens is 1. The van der Waals surface area contributed by atoms with Crippen molar-refractivity contribution in [2.45, 2.75) is 6.04 Å². The molecule has 4 heteroatoms. The van der Waals surface area contributed by atoms with E-state index in [9.17, 15) is 0 Å². The predicted octanol–water partition coefficient (Wildman–Crippen LogP) is 3.15. The minimum atomic E-state index is -0.147. The second-order valence-electron chi connectivity index (χ2n) is 2.63. The molecule has 0 saturated carbocycles. The molecule has 0 bridgehead atoms. The van der Waals surface area contributed by atoms with Gasteiger partial charge in [0.15, 0.2) is 4.67 Å². The summed E-state index contributed by atoms with van der Waals surface area (Å²) >= 11 is 4.88. The molecule has 2 heterocycles. The van der Waals surface area contributed by atoms with Gasteiger partial charge in [-0.1, -0.05) is 6.07 Å². The summed E-state index contributed by atoms with van der Waals surface area (Å²) in [5.74, 6) is 0.786. The summed E-state index contributed by atoms with van der Waals surface area (Å²) in [5, 5.41) is 2.01. The van der Waals surface area contributed by atoms with Crippen LogP contribution in [-0.4, -0.2) is 0 Å². The zero-order valence-corrected chi connectivity index (χ0v) is 9.14. The molecule has 0 spiro atoms. The molecule has 1 atom stereocenters. The Morgan fingerprint density at radius 2 is 2.23 bits per heavy atom. The summed E-state index contributed by atoms with van der Waals surface area (Å²) in [4.78, 5) is 1.11. The normalized spacial score (nSPS) is 13.1. The van der Waals surface area contributed by atoms with Crippen molar-refractivity contribution in [3.05, 3.63) is 45.0 Å². The van der Waals surface area contributed by atoms with Crippen LogP contribution < -0.4 is 5.73 Å². The summed E-state index contributed by atoms with van der Waals surface area (Å²) < 4.78 is 6.08. The van der Waals surface area contributed by atoms with E-state index < -0.39 is 0 Å². The van der Waals surface area contributed by atoms with Crippen LogP contribution in [0.15, 0.2) is 38.7 Å². The van der Waals surface area contributed by atoms with Gasteiger partial charge in [-0.15, -0.1) is 11.3 Å². The molecule has 2 aromatic heterocycles. The zero-order valence-electron chi connectivity index (χ0n) is 6.74. The first-order chi connectivity index (χ1) is 6.27. The lowest BCUT2D eigenvalue weighted by Gasteiger charge is -2.04. The SMILES string of the molecule is N[C@H](c1ccc(Br)o1)c1cccs1. The molecular formula is C9H8BrNOS. The molecule has 0 aliphatic heterocycles. The smallest absolute Gasteiger partial charge is 0.169 e. The van der Waals surface area contributed by atoms with E-state index in [1.54, 1.807) is 11.3 Å². The molecule has 0 aliphatic rings. The van der Waals surface area contributed by atoms with Crippen LogP contribution in [0.2, 0.25) is 0 Å². The maximum absolute atomic E-state index is 5.97. The fourth-order valence-electron chi connectivity index (χ4n) is 1.10. The first-order valence-electron chi connectivity index (χ1n) is 3.81. The molecule has 0 amide bonds. The molecule has 0 unspecified atom stereocenters. The molecule has 2 N–H and O–H groups in total. The Morgan fingerprint density at radius 1 is 1.38 bits per heavy atom. The Hall–Kier alpha value is -0.580. The van der Waals surface area contributed by atoms with Crippen LogP contribution in [0.25, 0.3) is 0 Å². The number of nitrogens with two attached hydrogens (primary N) is 1. The van der Waals surface area contributed by atoms with Crippen molar-refractivity contribution < 1.29 is 4.42 Å². The standard InChI is InChI=1S/C9H8BrNOS/c10-8-4-3-6(12-8)9(11)7-2-1-5-13-7/h1-5,9H,11H2/t9-/m1/s1. The van der Waals surface area contributed by atoms with Gasteiger partial charge in [0.1, 0.15) is 5.76 Å². The van der Waals surface area contributed by atoms with E-state index in [0.717, 1.165) is 15.3 Å². The highest BCUT2D eigenvalue weighted by molar-refractivity contribution is 9.10. The molecule has 0 saturated heterocycles. The Labute approximate surface area is 88.5 Å². The van der Waals surface area contributed by atoms with E-state index in [1.165, 1.54) is 0 Å². The van der Waals surface area contributed by atoms with Crippen molar-refractivity contribution in [2.24, 2.45) is 5.73 Å². The van der Waals surface area contributed by atoms with Gasteiger partial charge in [0.25, 0.3) is 0 Å². The largest absolute Gasteiger partial charge is 0.452 e. The molecule has 13 heavy (non-hydrogen) atoms. The number of thiophene rings is 1. The van der Waals surface area contributed by atoms with E-state index in [-0.39, 0.29) is 6.04 Å². The van der Waals surface area contributed by atoms with E-state index in [1.807, 2.05) is 29.6 Å². The van der Waals surface area contributed by atoms with E-state index >= 15 is 0 Å². The summed E-state index contributed by atoms with van der Waals surface area (Å²) in [6.07, 6.45) is 0. The molecular weight excluding hydrogens is 250 g/mol. The molecule has 0 aromatic carbocycles. The molecule has 0 aliphatic carbocycles. The maximum Gasteiger partial charge on any atom is 0.169 e. The lowest BCUT2D eigenvalue weighted by molar-refractivity contribution is 0.472. The average molecular weight is 258 g/mol. The van der Waals surface area contributed by atoms with Crippen molar-refractivity contribution in [2.75, 3.05) is 0 Å². The fraction of sp³-hybridized carbons (Fsp3) is 0.111. The molecule has 2 rings (SSSR count). The first kappa shape index (κ1) is 8.99. The van der Waals surface area contributed by atoms with Gasteiger partial charge in [-0.05, 0) is 39.5 Å². The number of hydrogen-bond acceptors (Lipinski definition) is 3. The number of rotatable bonds is 2. The van der Waals surface area contributed by atoms with Crippen LogP contribution in [0.5, 0.6) is 0 Å². The molecule has 0 fully saturated rings. The van der Waals surface area contributed by atoms with Crippen LogP contribution in [0.3, 0.4) is 0 Å². The third-order valence-electron chi connectivity index (χ3n) is 1.75. The molecule has 2 nitrogen and oxygen atoms in total. The number of hydrogen-bond donors (Lipinski definition) is 1. The minimum Gasteiger partial charge on any atom is -0.452 e. The second kappa shape index (κ2) is 3.65. The van der Waals surface area contributed by atoms with Gasteiger partial charge in [0.05, 0.1) is 6.04 Å². The topological polar surface area (TPSA) is 39.2 Å². The third-order valence-corrected chi connectivity index (χ3v) is 3.13. The van der Waals surface area contributed by atoms with Gasteiger partial charge in [0.2, 0.25) is 0 Å². The monoisotopic (exact) mass is 257 g/mol. The lowest BCUT2D eigenvalue weighted by Crippen LogP contribution is -2.08. The van der Waals surface area contributed by atoms with E-state index in [2.05, 4.69) is 15.9 Å². The summed E-state index contributed by atoms with van der Waals surface area (Å²) in [6, 6.07) is 7.58. The maximum atomic E-state index is 5.97. The highest BCUT2D eigenvalue weighted by atomic mass is 79.9. The molecule has 68 valence electrons. The third kappa shape index (κ3) is 1.85. The lowest BCUT2D eigenvalue weighted by atomic mass is 10.2. The Balaban J connectivity index is 2.28. The average Bonchev–Trinajstić information content (AvgIpc) is 2.72. The van der Waals surface area contributed by atoms with Crippen LogP contribution in [0, 0.1) is 0 Å². The van der Waals surface area contributed by atoms with Crippen molar-refractivity contribution >= 4 is 27.3 Å². The van der Waals surface area contributed by atoms with E-state index in [4.69, 9.17) is 10.2 Å². The van der Waals surface area contributed by atoms with Gasteiger partial charge in [-0.2, -0.15) is 0 Å². The summed E-state index contributed by atoms with van der Waals surface area (Å²) in [5.41, 5.74) is 5.97. The quantitative estimate of drug-likeness (QED) is 0.898. The Kier molecular flexibility index (Phi) is 2.53. The van der Waals surface area contributed by atoms with Crippen LogP contribution in [0.1, 0.15) is 16.7 Å². The summed E-state index contributed by atoms with van der Waals surface area (Å²) in [6.45, 7) is 0. The summed E-state index contributed by atoms with van der Waals surface area (Å²) in [7, 11) is 0. The van der Waals surface area contributed by atoms with Crippen molar-refractivity contribution in [3.8, 4) is 0 Å². The fourth-order valence-corrected chi connectivity index (χ4v) is 2.16. The van der Waals surface area contributed by atoms with Gasteiger partial charge < -0.3 is 10.2 Å². The highest BCUT2D eigenvalue weighted by Crippen LogP contribution is 2.26. The van der Waals surface area contributed by atoms with Crippen molar-refractivity contribution in [3.63, 3.8) is 0 Å². The van der Waals surface area contributed by atoms with E-state index in [0.29, 0.717) is 0 Å². The molecule has 2 aromatic rings. The van der Waals surface area contributed by atoms with Crippen molar-refractivity contribution in [1.82, 2.24) is 0 Å². The minimum absolute atomic E-state index is 0.147. The van der Waals surface area contributed by atoms with Crippen molar-refractivity contribution in [1.29, 1.82) is 0 Å². The van der Waals surface area contributed by atoms with Gasteiger partial charge in [-0.25, -0.2) is 0 Å². The van der Waals surface area contributed by atoms with Crippen LogP contribution >= 0.6 is 27.3 Å². The zero-order chi connectivity index (χ0) is 9.26. The van der Waals surface area contributed by atoms with Gasteiger partial charge in [-0.3, -0.25) is 0 Å². The molecule has 0 radical (unpaired) electrons. The Bertz CT molecular complexity index is 382.